The van der Waals surface area contributed by atoms with E-state index >= 15 is 0 Å². The Labute approximate surface area is 109 Å². The Kier molecular flexibility index (Phi) is 3.55. The second-order valence-electron chi connectivity index (χ2n) is 4.64. The first-order chi connectivity index (χ1) is 8.99. The van der Waals surface area contributed by atoms with Crippen molar-refractivity contribution in [2.75, 3.05) is 12.1 Å². The predicted octanol–water partition coefficient (Wildman–Crippen LogP) is 0.0442. The first kappa shape index (κ1) is 13.1. The van der Waals surface area contributed by atoms with Crippen LogP contribution in [0.2, 0.25) is 0 Å². The van der Waals surface area contributed by atoms with E-state index in [4.69, 9.17) is 4.74 Å². The van der Waals surface area contributed by atoms with Crippen LogP contribution in [0.25, 0.3) is 0 Å². The molecule has 0 unspecified atom stereocenters. The second-order valence-corrected chi connectivity index (χ2v) is 4.64. The van der Waals surface area contributed by atoms with Crippen LogP contribution in [0.5, 0.6) is 5.75 Å². The minimum Gasteiger partial charge on any atom is -0.420 e. The fourth-order valence-electron chi connectivity index (χ4n) is 1.74. The lowest BCUT2D eigenvalue weighted by Gasteiger charge is -2.22. The lowest BCUT2D eigenvalue weighted by Crippen LogP contribution is -2.43. The molecule has 1 aliphatic heterocycles. The zero-order chi connectivity index (χ0) is 14.0. The Bertz CT molecular complexity index is 577. The van der Waals surface area contributed by atoms with E-state index < -0.39 is 17.3 Å². The van der Waals surface area contributed by atoms with Gasteiger partial charge in [-0.05, 0) is 5.92 Å². The van der Waals surface area contributed by atoms with Gasteiger partial charge >= 0.3 is 5.97 Å². The summed E-state index contributed by atoms with van der Waals surface area (Å²) in [5, 5.41) is 2.52. The van der Waals surface area contributed by atoms with Gasteiger partial charge in [-0.2, -0.15) is 0 Å². The molecular weight excluding hydrogens is 250 g/mol. The highest BCUT2D eigenvalue weighted by atomic mass is 16.5. The van der Waals surface area contributed by atoms with E-state index in [9.17, 15) is 14.4 Å². The van der Waals surface area contributed by atoms with Crippen molar-refractivity contribution >= 4 is 11.9 Å². The molecule has 7 heteroatoms. The Morgan fingerprint density at radius 3 is 2.89 bits per heavy atom. The third-order valence-electron chi connectivity index (χ3n) is 2.56. The number of pyridine rings is 1. The molecule has 1 aromatic rings. The molecule has 2 heterocycles. The zero-order valence-corrected chi connectivity index (χ0v) is 10.7. The topological polar surface area (TPSA) is 89.4 Å². The maximum absolute atomic E-state index is 11.8. The molecule has 0 saturated carbocycles. The Morgan fingerprint density at radius 1 is 1.47 bits per heavy atom. The van der Waals surface area contributed by atoms with Gasteiger partial charge in [-0.3, -0.25) is 19.1 Å². The summed E-state index contributed by atoms with van der Waals surface area (Å²) in [5.41, 5.74) is 2.34. The predicted molar refractivity (Wildman–Crippen MR) is 67.5 cm³/mol. The normalized spacial score (nSPS) is 13.5. The van der Waals surface area contributed by atoms with Gasteiger partial charge in [-0.15, -0.1) is 0 Å². The quantitative estimate of drug-likeness (QED) is 0.753. The van der Waals surface area contributed by atoms with Gasteiger partial charge < -0.3 is 15.5 Å². The second kappa shape index (κ2) is 5.13. The summed E-state index contributed by atoms with van der Waals surface area (Å²) in [6, 6.07) is 1.24. The zero-order valence-electron chi connectivity index (χ0n) is 10.7. The van der Waals surface area contributed by atoms with E-state index in [1.807, 2.05) is 13.8 Å². The first-order valence-electron chi connectivity index (χ1n) is 5.97. The van der Waals surface area contributed by atoms with Crippen LogP contribution in [0, 0.1) is 5.92 Å². The maximum Gasteiger partial charge on any atom is 0.311 e. The van der Waals surface area contributed by atoms with Gasteiger partial charge in [-0.25, -0.2) is 0 Å². The Morgan fingerprint density at radius 2 is 2.21 bits per heavy atom. The lowest BCUT2D eigenvalue weighted by atomic mass is 10.1. The Balaban J connectivity index is 2.37. The smallest absolute Gasteiger partial charge is 0.311 e. The van der Waals surface area contributed by atoms with Crippen LogP contribution >= 0.6 is 0 Å². The minimum atomic E-state index is -0.528. The number of hydrogen-bond donors (Lipinski definition) is 2. The molecular formula is C12H15N3O4. The maximum atomic E-state index is 11.8. The molecule has 102 valence electrons. The molecule has 1 amide bonds. The van der Waals surface area contributed by atoms with Crippen molar-refractivity contribution < 1.29 is 14.3 Å². The van der Waals surface area contributed by atoms with Crippen LogP contribution < -0.4 is 20.9 Å². The molecule has 0 aromatic carbocycles. The van der Waals surface area contributed by atoms with Gasteiger partial charge in [0.25, 0.3) is 5.91 Å². The van der Waals surface area contributed by atoms with Crippen LogP contribution in [0.15, 0.2) is 17.1 Å². The molecule has 0 radical (unpaired) electrons. The summed E-state index contributed by atoms with van der Waals surface area (Å²) in [4.78, 5) is 35.2. The van der Waals surface area contributed by atoms with Gasteiger partial charge in [-0.1, -0.05) is 13.8 Å². The molecule has 2 N–H and O–H groups in total. The first-order valence-corrected chi connectivity index (χ1v) is 5.97. The number of esters is 1. The molecule has 0 aliphatic carbocycles. The van der Waals surface area contributed by atoms with Gasteiger partial charge in [0.2, 0.25) is 11.2 Å². The van der Waals surface area contributed by atoms with Crippen LogP contribution in [0.1, 0.15) is 30.8 Å². The molecule has 1 aliphatic rings. The van der Waals surface area contributed by atoms with Crippen LogP contribution in [0.3, 0.4) is 0 Å². The summed E-state index contributed by atoms with van der Waals surface area (Å²) in [6.45, 7) is 3.97. The third-order valence-corrected chi connectivity index (χ3v) is 2.56. The van der Waals surface area contributed by atoms with E-state index in [2.05, 4.69) is 10.7 Å². The number of carbonyl (C=O) groups is 2. The number of amides is 1. The highest BCUT2D eigenvalue weighted by molar-refractivity contribution is 5.96. The van der Waals surface area contributed by atoms with Crippen molar-refractivity contribution in [3.8, 4) is 5.75 Å². The molecule has 0 atom stereocenters. The van der Waals surface area contributed by atoms with Crippen molar-refractivity contribution in [2.45, 2.75) is 20.3 Å². The Hall–Kier alpha value is -2.31. The molecule has 7 nitrogen and oxygen atoms in total. The number of fused-ring (bicyclic) bond motifs is 1. The van der Waals surface area contributed by atoms with Crippen molar-refractivity contribution in [1.82, 2.24) is 9.99 Å². The summed E-state index contributed by atoms with van der Waals surface area (Å²) < 4.78 is 6.42. The average Bonchev–Trinajstić information content (AvgIpc) is 2.32. The largest absolute Gasteiger partial charge is 0.420 e. The summed E-state index contributed by atoms with van der Waals surface area (Å²) in [7, 11) is 0. The summed E-state index contributed by atoms with van der Waals surface area (Å²) in [5.74, 6) is -1.11. The monoisotopic (exact) mass is 265 g/mol. The molecule has 0 saturated heterocycles. The number of hydrogen-bond acceptors (Lipinski definition) is 5. The van der Waals surface area contributed by atoms with Crippen LogP contribution in [-0.2, 0) is 4.79 Å². The van der Waals surface area contributed by atoms with Crippen molar-refractivity contribution in [2.24, 2.45) is 5.92 Å². The van der Waals surface area contributed by atoms with Crippen molar-refractivity contribution in [1.29, 1.82) is 0 Å². The van der Waals surface area contributed by atoms with Crippen LogP contribution in [0.4, 0.5) is 0 Å². The highest BCUT2D eigenvalue weighted by Gasteiger charge is 2.24. The summed E-state index contributed by atoms with van der Waals surface area (Å²) in [6.07, 6.45) is 1.61. The highest BCUT2D eigenvalue weighted by Crippen LogP contribution is 2.15. The SMILES string of the molecule is CC(C)CC(=O)Oc1c2n(ccc1=O)NCNC2=O. The molecule has 0 bridgehead atoms. The van der Waals surface area contributed by atoms with E-state index in [0.29, 0.717) is 0 Å². The standard InChI is InChI=1S/C12H15N3O4/c1-7(2)5-9(17)19-11-8(16)3-4-15-10(11)12(18)13-6-14-15/h3-4,7,14H,5-6H2,1-2H3,(H,13,18). The van der Waals surface area contributed by atoms with Crippen molar-refractivity contribution in [3.63, 3.8) is 0 Å². The van der Waals surface area contributed by atoms with E-state index in [0.717, 1.165) is 0 Å². The van der Waals surface area contributed by atoms with E-state index in [1.165, 1.54) is 16.9 Å². The molecule has 2 rings (SSSR count). The third kappa shape index (κ3) is 2.75. The van der Waals surface area contributed by atoms with Gasteiger partial charge in [0.05, 0.1) is 0 Å². The number of aromatic nitrogens is 1. The summed E-state index contributed by atoms with van der Waals surface area (Å²) >= 11 is 0. The van der Waals surface area contributed by atoms with Gasteiger partial charge in [0.15, 0.2) is 5.69 Å². The van der Waals surface area contributed by atoms with Crippen LogP contribution in [-0.4, -0.2) is 23.2 Å². The molecule has 0 fully saturated rings. The van der Waals surface area contributed by atoms with E-state index in [-0.39, 0.29) is 30.5 Å². The number of carbonyl (C=O) groups excluding carboxylic acids is 2. The van der Waals surface area contributed by atoms with Gasteiger partial charge in [0, 0.05) is 18.7 Å². The van der Waals surface area contributed by atoms with Crippen molar-refractivity contribution in [3.05, 3.63) is 28.2 Å². The number of nitrogens with zero attached hydrogens (tertiary/aromatic N) is 1. The molecule has 1 aromatic heterocycles. The average molecular weight is 265 g/mol. The fraction of sp³-hybridized carbons (Fsp3) is 0.417. The van der Waals surface area contributed by atoms with E-state index in [1.54, 1.807) is 0 Å². The number of ether oxygens (including phenoxy) is 1. The molecule has 0 spiro atoms. The minimum absolute atomic E-state index is 0.0101. The lowest BCUT2D eigenvalue weighted by molar-refractivity contribution is -0.135. The number of rotatable bonds is 3. The van der Waals surface area contributed by atoms with Gasteiger partial charge in [0.1, 0.15) is 6.67 Å². The number of nitrogens with one attached hydrogen (secondary N) is 2. The molecule has 19 heavy (non-hydrogen) atoms. The fourth-order valence-corrected chi connectivity index (χ4v) is 1.74.